The lowest BCUT2D eigenvalue weighted by Crippen LogP contribution is -2.47. The molecule has 2 aromatic carbocycles. The molecule has 0 bridgehead atoms. The molecule has 36 heavy (non-hydrogen) atoms. The van der Waals surface area contributed by atoms with Crippen LogP contribution in [0.15, 0.2) is 53.9 Å². The molecule has 1 atom stereocenters. The standard InChI is InChI=1S/C27H30ClN3O4S/c1-4-13-30(27(33)29-22-10-9-20(34-2)16-23(22)35-3)17-25(32)31-14-11-24-21(12-15-36-24)26(31)18-5-7-19(28)8-6-18/h5-10,12,15-16,26H,4,11,13-14,17H2,1-3H3,(H,29,33). The molecule has 1 N–H and O–H groups in total. The third-order valence-electron chi connectivity index (χ3n) is 6.23. The summed E-state index contributed by atoms with van der Waals surface area (Å²) in [6.07, 6.45) is 1.52. The molecule has 190 valence electrons. The van der Waals surface area contributed by atoms with Crippen molar-refractivity contribution >= 4 is 40.6 Å². The van der Waals surface area contributed by atoms with E-state index in [1.807, 2.05) is 36.1 Å². The van der Waals surface area contributed by atoms with Crippen molar-refractivity contribution in [3.05, 3.63) is 74.9 Å². The van der Waals surface area contributed by atoms with Gasteiger partial charge in [0.25, 0.3) is 0 Å². The fourth-order valence-corrected chi connectivity index (χ4v) is 5.49. The Morgan fingerprint density at radius 3 is 2.61 bits per heavy atom. The first kappa shape index (κ1) is 25.9. The Morgan fingerprint density at radius 1 is 1.14 bits per heavy atom. The molecule has 0 aliphatic carbocycles. The summed E-state index contributed by atoms with van der Waals surface area (Å²) in [5.74, 6) is 1.00. The summed E-state index contributed by atoms with van der Waals surface area (Å²) in [7, 11) is 3.10. The third kappa shape index (κ3) is 5.60. The Balaban J connectivity index is 1.55. The summed E-state index contributed by atoms with van der Waals surface area (Å²) in [6, 6.07) is 14.3. The maximum atomic E-state index is 13.7. The number of halogens is 1. The number of urea groups is 1. The molecule has 0 spiro atoms. The maximum Gasteiger partial charge on any atom is 0.322 e. The topological polar surface area (TPSA) is 71.1 Å². The van der Waals surface area contributed by atoms with Crippen LogP contribution in [0.1, 0.15) is 35.4 Å². The van der Waals surface area contributed by atoms with E-state index < -0.39 is 0 Å². The third-order valence-corrected chi connectivity index (χ3v) is 7.48. The zero-order valence-electron chi connectivity index (χ0n) is 20.6. The van der Waals surface area contributed by atoms with Gasteiger partial charge in [-0.25, -0.2) is 4.79 Å². The highest BCUT2D eigenvalue weighted by Gasteiger charge is 2.34. The van der Waals surface area contributed by atoms with Crippen LogP contribution in [0.4, 0.5) is 10.5 Å². The fraction of sp³-hybridized carbons (Fsp3) is 0.333. The van der Waals surface area contributed by atoms with Gasteiger partial charge in [-0.2, -0.15) is 0 Å². The average Bonchev–Trinajstić information content (AvgIpc) is 3.37. The number of nitrogens with one attached hydrogen (secondary N) is 1. The number of methoxy groups -OCH3 is 2. The summed E-state index contributed by atoms with van der Waals surface area (Å²) >= 11 is 7.84. The first-order valence-electron chi connectivity index (χ1n) is 11.8. The highest BCUT2D eigenvalue weighted by molar-refractivity contribution is 7.10. The van der Waals surface area contributed by atoms with Crippen LogP contribution in [0.3, 0.4) is 0 Å². The molecule has 4 rings (SSSR count). The molecular formula is C27H30ClN3O4S. The van der Waals surface area contributed by atoms with Crippen LogP contribution in [0.2, 0.25) is 5.02 Å². The number of anilines is 1. The fourth-order valence-electron chi connectivity index (χ4n) is 4.46. The number of benzene rings is 2. The quantitative estimate of drug-likeness (QED) is 0.399. The molecule has 0 saturated heterocycles. The monoisotopic (exact) mass is 527 g/mol. The minimum atomic E-state index is -0.357. The van der Waals surface area contributed by atoms with Crippen molar-refractivity contribution in [3.63, 3.8) is 0 Å². The lowest BCUT2D eigenvalue weighted by Gasteiger charge is -2.37. The molecule has 0 saturated carbocycles. The van der Waals surface area contributed by atoms with Crippen molar-refractivity contribution in [2.75, 3.05) is 39.2 Å². The molecule has 7 nitrogen and oxygen atoms in total. The van der Waals surface area contributed by atoms with Gasteiger partial charge < -0.3 is 24.6 Å². The number of carbonyl (C=O) groups excluding carboxylic acids is 2. The van der Waals surface area contributed by atoms with Gasteiger partial charge in [0, 0.05) is 29.1 Å². The number of thiophene rings is 1. The molecule has 1 aliphatic heterocycles. The number of ether oxygens (including phenoxy) is 2. The Kier molecular flexibility index (Phi) is 8.38. The summed E-state index contributed by atoms with van der Waals surface area (Å²) in [5, 5.41) is 5.61. The first-order valence-corrected chi connectivity index (χ1v) is 13.1. The van der Waals surface area contributed by atoms with Crippen molar-refractivity contribution in [2.24, 2.45) is 0 Å². The van der Waals surface area contributed by atoms with E-state index in [0.717, 1.165) is 24.0 Å². The zero-order valence-corrected chi connectivity index (χ0v) is 22.2. The van der Waals surface area contributed by atoms with Gasteiger partial charge in [0.15, 0.2) is 0 Å². The second kappa shape index (κ2) is 11.7. The van der Waals surface area contributed by atoms with Gasteiger partial charge in [-0.1, -0.05) is 30.7 Å². The van der Waals surface area contributed by atoms with Crippen LogP contribution in [-0.4, -0.2) is 55.6 Å². The molecule has 1 unspecified atom stereocenters. The van der Waals surface area contributed by atoms with Crippen molar-refractivity contribution in [3.8, 4) is 11.5 Å². The Morgan fingerprint density at radius 2 is 1.92 bits per heavy atom. The predicted molar refractivity (Wildman–Crippen MR) is 143 cm³/mol. The number of hydrogen-bond donors (Lipinski definition) is 1. The van der Waals surface area contributed by atoms with E-state index in [2.05, 4.69) is 16.8 Å². The van der Waals surface area contributed by atoms with Crippen LogP contribution in [-0.2, 0) is 11.2 Å². The average molecular weight is 528 g/mol. The van der Waals surface area contributed by atoms with Gasteiger partial charge in [-0.15, -0.1) is 11.3 Å². The van der Waals surface area contributed by atoms with E-state index >= 15 is 0 Å². The Bertz CT molecular complexity index is 1210. The Labute approximate surface area is 220 Å². The van der Waals surface area contributed by atoms with Crippen molar-refractivity contribution < 1.29 is 19.1 Å². The van der Waals surface area contributed by atoms with E-state index in [9.17, 15) is 9.59 Å². The molecule has 1 aliphatic rings. The van der Waals surface area contributed by atoms with Gasteiger partial charge in [0.05, 0.1) is 25.9 Å². The second-order valence-electron chi connectivity index (χ2n) is 8.51. The lowest BCUT2D eigenvalue weighted by molar-refractivity contribution is -0.133. The van der Waals surface area contributed by atoms with Crippen LogP contribution >= 0.6 is 22.9 Å². The summed E-state index contributed by atoms with van der Waals surface area (Å²) in [6.45, 7) is 2.99. The molecule has 0 radical (unpaired) electrons. The Hall–Kier alpha value is -3.23. The normalized spacial score (nSPS) is 14.7. The molecule has 0 fully saturated rings. The summed E-state index contributed by atoms with van der Waals surface area (Å²) in [5.41, 5.74) is 2.65. The molecule has 3 aromatic rings. The van der Waals surface area contributed by atoms with Crippen molar-refractivity contribution in [2.45, 2.75) is 25.8 Å². The first-order chi connectivity index (χ1) is 17.4. The van der Waals surface area contributed by atoms with Gasteiger partial charge in [-0.05, 0) is 59.7 Å². The molecule has 2 heterocycles. The van der Waals surface area contributed by atoms with Crippen LogP contribution in [0.5, 0.6) is 11.5 Å². The summed E-state index contributed by atoms with van der Waals surface area (Å²) in [4.78, 5) is 31.6. The van der Waals surface area contributed by atoms with Crippen molar-refractivity contribution in [1.82, 2.24) is 9.80 Å². The van der Waals surface area contributed by atoms with Gasteiger partial charge in [0.1, 0.15) is 18.0 Å². The van der Waals surface area contributed by atoms with Crippen molar-refractivity contribution in [1.29, 1.82) is 0 Å². The molecular weight excluding hydrogens is 498 g/mol. The number of amides is 3. The number of hydrogen-bond acceptors (Lipinski definition) is 5. The van der Waals surface area contributed by atoms with Crippen LogP contribution in [0.25, 0.3) is 0 Å². The zero-order chi connectivity index (χ0) is 25.7. The van der Waals surface area contributed by atoms with Crippen LogP contribution < -0.4 is 14.8 Å². The molecule has 3 amide bonds. The van der Waals surface area contributed by atoms with E-state index in [0.29, 0.717) is 35.3 Å². The van der Waals surface area contributed by atoms with E-state index in [4.69, 9.17) is 21.1 Å². The van der Waals surface area contributed by atoms with E-state index in [-0.39, 0.29) is 24.5 Å². The highest BCUT2D eigenvalue weighted by atomic mass is 35.5. The van der Waals surface area contributed by atoms with E-state index in [1.54, 1.807) is 41.5 Å². The number of nitrogens with zero attached hydrogens (tertiary/aromatic N) is 2. The molecule has 1 aromatic heterocycles. The number of carbonyl (C=O) groups is 2. The second-order valence-corrected chi connectivity index (χ2v) is 9.95. The molecule has 9 heteroatoms. The van der Waals surface area contributed by atoms with Gasteiger partial charge in [0.2, 0.25) is 5.91 Å². The van der Waals surface area contributed by atoms with Gasteiger partial charge >= 0.3 is 6.03 Å². The minimum absolute atomic E-state index is 0.0261. The summed E-state index contributed by atoms with van der Waals surface area (Å²) < 4.78 is 10.6. The maximum absolute atomic E-state index is 13.7. The highest BCUT2D eigenvalue weighted by Crippen LogP contribution is 2.38. The number of fused-ring (bicyclic) bond motifs is 1. The van der Waals surface area contributed by atoms with Crippen LogP contribution in [0, 0.1) is 0 Å². The number of rotatable bonds is 8. The van der Waals surface area contributed by atoms with E-state index in [1.165, 1.54) is 12.0 Å². The lowest BCUT2D eigenvalue weighted by atomic mass is 9.93. The van der Waals surface area contributed by atoms with Gasteiger partial charge in [-0.3, -0.25) is 4.79 Å². The predicted octanol–water partition coefficient (Wildman–Crippen LogP) is 5.84. The minimum Gasteiger partial charge on any atom is -0.497 e. The largest absolute Gasteiger partial charge is 0.497 e. The smallest absolute Gasteiger partial charge is 0.322 e. The SMILES string of the molecule is CCCN(CC(=O)N1CCc2sccc2C1c1ccc(Cl)cc1)C(=O)Nc1ccc(OC)cc1OC.